The number of methoxy groups -OCH3 is 2. The number of ether oxygens (including phenoxy) is 3. The highest BCUT2D eigenvalue weighted by atomic mass is 35.5. The SMILES string of the molecule is CCOC(=O)C1=C(C)Nc2nc(SCc3ccc(Cl)cc3)nn2C1c1ccc(OC)c(OC)c1. The maximum atomic E-state index is 13.0. The van der Waals surface area contributed by atoms with Crippen molar-refractivity contribution in [2.24, 2.45) is 0 Å². The van der Waals surface area contributed by atoms with E-state index >= 15 is 0 Å². The van der Waals surface area contributed by atoms with Crippen LogP contribution in [0.2, 0.25) is 5.02 Å². The third kappa shape index (κ3) is 4.85. The first kappa shape index (κ1) is 24.0. The molecule has 3 aromatic rings. The van der Waals surface area contributed by atoms with Crippen LogP contribution < -0.4 is 14.8 Å². The van der Waals surface area contributed by atoms with Gasteiger partial charge in [-0.3, -0.25) is 0 Å². The highest BCUT2D eigenvalue weighted by Crippen LogP contribution is 2.40. The van der Waals surface area contributed by atoms with Gasteiger partial charge in [0.05, 0.1) is 26.4 Å². The lowest BCUT2D eigenvalue weighted by Gasteiger charge is -2.28. The number of benzene rings is 2. The number of aromatic nitrogens is 3. The van der Waals surface area contributed by atoms with Crippen molar-refractivity contribution in [3.05, 3.63) is 69.9 Å². The predicted octanol–water partition coefficient (Wildman–Crippen LogP) is 5.09. The standard InChI is InChI=1S/C24H25ClN4O4S/c1-5-33-22(30)20-14(2)26-23-27-24(34-13-15-6-9-17(25)10-7-15)28-29(23)21(20)16-8-11-18(31-3)19(12-16)32-4/h6-12,21H,5,13H2,1-4H3,(H,26,27,28). The molecule has 0 bridgehead atoms. The van der Waals surface area contributed by atoms with Gasteiger partial charge in [0.1, 0.15) is 6.04 Å². The van der Waals surface area contributed by atoms with Crippen molar-refractivity contribution in [3.8, 4) is 11.5 Å². The molecule has 1 N–H and O–H groups in total. The number of nitrogens with zero attached hydrogens (tertiary/aromatic N) is 3. The first-order chi connectivity index (χ1) is 16.4. The molecule has 2 aromatic carbocycles. The minimum Gasteiger partial charge on any atom is -0.493 e. The van der Waals surface area contributed by atoms with Gasteiger partial charge in [-0.25, -0.2) is 9.48 Å². The Kier molecular flexibility index (Phi) is 7.33. The summed E-state index contributed by atoms with van der Waals surface area (Å²) < 4.78 is 18.0. The van der Waals surface area contributed by atoms with Crippen molar-refractivity contribution in [1.29, 1.82) is 0 Å². The molecule has 1 unspecified atom stereocenters. The summed E-state index contributed by atoms with van der Waals surface area (Å²) >= 11 is 7.48. The van der Waals surface area contributed by atoms with Gasteiger partial charge < -0.3 is 19.5 Å². The van der Waals surface area contributed by atoms with Crippen molar-refractivity contribution in [2.75, 3.05) is 26.1 Å². The maximum Gasteiger partial charge on any atom is 0.338 e. The van der Waals surface area contributed by atoms with Gasteiger partial charge in [-0.15, -0.1) is 5.10 Å². The summed E-state index contributed by atoms with van der Waals surface area (Å²) in [6.45, 7) is 3.88. The highest BCUT2D eigenvalue weighted by Gasteiger charge is 2.35. The summed E-state index contributed by atoms with van der Waals surface area (Å²) in [6, 6.07) is 12.6. The molecule has 0 spiro atoms. The molecule has 0 saturated heterocycles. The zero-order valence-electron chi connectivity index (χ0n) is 19.3. The lowest BCUT2D eigenvalue weighted by Crippen LogP contribution is -2.29. The fourth-order valence-corrected chi connectivity index (χ4v) is 4.64. The number of allylic oxidation sites excluding steroid dienone is 1. The van der Waals surface area contributed by atoms with Crippen molar-refractivity contribution in [3.63, 3.8) is 0 Å². The second-order valence-corrected chi connectivity index (χ2v) is 8.86. The third-order valence-corrected chi connectivity index (χ3v) is 6.49. The number of carbonyl (C=O) groups is 1. The molecule has 2 heterocycles. The van der Waals surface area contributed by atoms with E-state index in [2.05, 4.69) is 10.3 Å². The molecule has 178 valence electrons. The molecule has 0 radical (unpaired) electrons. The van der Waals surface area contributed by atoms with Crippen molar-refractivity contribution >= 4 is 35.3 Å². The molecule has 0 saturated carbocycles. The van der Waals surface area contributed by atoms with Crippen molar-refractivity contribution < 1.29 is 19.0 Å². The van der Waals surface area contributed by atoms with Gasteiger partial charge in [0.25, 0.3) is 0 Å². The average molecular weight is 501 g/mol. The first-order valence-electron chi connectivity index (χ1n) is 10.7. The van der Waals surface area contributed by atoms with Crippen LogP contribution in [0.5, 0.6) is 11.5 Å². The summed E-state index contributed by atoms with van der Waals surface area (Å²) in [5, 5.41) is 9.22. The Hall–Kier alpha value is -3.17. The number of esters is 1. The molecule has 8 nitrogen and oxygen atoms in total. The van der Waals surface area contributed by atoms with Gasteiger partial charge in [0, 0.05) is 16.5 Å². The smallest absolute Gasteiger partial charge is 0.338 e. The van der Waals surface area contributed by atoms with E-state index in [4.69, 9.17) is 30.9 Å². The second kappa shape index (κ2) is 10.4. The van der Waals surface area contributed by atoms with Crippen LogP contribution in [0.25, 0.3) is 0 Å². The Balaban J connectivity index is 1.72. The molecule has 1 aromatic heterocycles. The van der Waals surface area contributed by atoms with E-state index in [1.807, 2.05) is 43.3 Å². The number of hydrogen-bond acceptors (Lipinski definition) is 8. The zero-order valence-corrected chi connectivity index (χ0v) is 20.9. The van der Waals surface area contributed by atoms with Gasteiger partial charge in [0.2, 0.25) is 11.1 Å². The van der Waals surface area contributed by atoms with Crippen LogP contribution in [0.4, 0.5) is 5.95 Å². The van der Waals surface area contributed by atoms with E-state index in [1.165, 1.54) is 11.8 Å². The van der Waals surface area contributed by atoms with E-state index in [-0.39, 0.29) is 6.61 Å². The zero-order chi connectivity index (χ0) is 24.2. The minimum absolute atomic E-state index is 0.265. The fraction of sp³-hybridized carbons (Fsp3) is 0.292. The van der Waals surface area contributed by atoms with Crippen LogP contribution in [0.3, 0.4) is 0 Å². The Morgan fingerprint density at radius 2 is 1.88 bits per heavy atom. The van der Waals surface area contributed by atoms with Gasteiger partial charge >= 0.3 is 5.97 Å². The number of nitrogens with one attached hydrogen (secondary N) is 1. The molecular weight excluding hydrogens is 476 g/mol. The molecule has 10 heteroatoms. The quantitative estimate of drug-likeness (QED) is 0.338. The number of halogens is 1. The van der Waals surface area contributed by atoms with Crippen LogP contribution in [0.1, 0.15) is 31.0 Å². The number of thioether (sulfide) groups is 1. The molecule has 1 atom stereocenters. The maximum absolute atomic E-state index is 13.0. The number of fused-ring (bicyclic) bond motifs is 1. The van der Waals surface area contributed by atoms with E-state index in [1.54, 1.807) is 31.9 Å². The van der Waals surface area contributed by atoms with E-state index in [9.17, 15) is 4.79 Å². The monoisotopic (exact) mass is 500 g/mol. The molecule has 0 aliphatic carbocycles. The van der Waals surface area contributed by atoms with Crippen LogP contribution in [0, 0.1) is 0 Å². The van der Waals surface area contributed by atoms with Gasteiger partial charge in [0.15, 0.2) is 11.5 Å². The van der Waals surface area contributed by atoms with Crippen LogP contribution in [-0.2, 0) is 15.3 Å². The largest absolute Gasteiger partial charge is 0.493 e. The Morgan fingerprint density at radius 3 is 2.56 bits per heavy atom. The third-order valence-electron chi connectivity index (χ3n) is 5.33. The summed E-state index contributed by atoms with van der Waals surface area (Å²) in [4.78, 5) is 17.6. The fourth-order valence-electron chi connectivity index (χ4n) is 3.73. The Bertz CT molecular complexity index is 1230. The lowest BCUT2D eigenvalue weighted by molar-refractivity contribution is -0.139. The lowest BCUT2D eigenvalue weighted by atomic mass is 9.95. The van der Waals surface area contributed by atoms with Crippen LogP contribution in [0.15, 0.2) is 58.9 Å². The number of anilines is 1. The van der Waals surface area contributed by atoms with Gasteiger partial charge in [-0.05, 0) is 49.2 Å². The molecule has 0 fully saturated rings. The van der Waals surface area contributed by atoms with E-state index in [0.717, 1.165) is 11.1 Å². The van der Waals surface area contributed by atoms with Gasteiger partial charge in [-0.2, -0.15) is 4.98 Å². The van der Waals surface area contributed by atoms with Crippen LogP contribution >= 0.6 is 23.4 Å². The van der Waals surface area contributed by atoms with Crippen LogP contribution in [-0.4, -0.2) is 41.6 Å². The van der Waals surface area contributed by atoms with E-state index in [0.29, 0.717) is 44.6 Å². The van der Waals surface area contributed by atoms with Crippen molar-refractivity contribution in [2.45, 2.75) is 30.8 Å². The summed E-state index contributed by atoms with van der Waals surface area (Å²) in [5.41, 5.74) is 3.02. The molecule has 0 amide bonds. The summed E-state index contributed by atoms with van der Waals surface area (Å²) in [7, 11) is 3.15. The normalized spacial score (nSPS) is 14.9. The highest BCUT2D eigenvalue weighted by molar-refractivity contribution is 7.98. The topological polar surface area (TPSA) is 87.5 Å². The van der Waals surface area contributed by atoms with Gasteiger partial charge in [-0.1, -0.05) is 41.6 Å². The molecule has 1 aliphatic heterocycles. The average Bonchev–Trinajstić information content (AvgIpc) is 3.24. The number of rotatable bonds is 8. The molecule has 1 aliphatic rings. The van der Waals surface area contributed by atoms with E-state index < -0.39 is 12.0 Å². The molecule has 34 heavy (non-hydrogen) atoms. The molecule has 4 rings (SSSR count). The Labute approximate surface area is 207 Å². The number of hydrogen-bond donors (Lipinski definition) is 1. The Morgan fingerprint density at radius 1 is 1.15 bits per heavy atom. The second-order valence-electron chi connectivity index (χ2n) is 7.48. The summed E-state index contributed by atoms with van der Waals surface area (Å²) in [6.07, 6.45) is 0. The predicted molar refractivity (Wildman–Crippen MR) is 132 cm³/mol. The molecular formula is C24H25ClN4O4S. The van der Waals surface area contributed by atoms with Crippen molar-refractivity contribution in [1.82, 2.24) is 14.8 Å². The summed E-state index contributed by atoms with van der Waals surface area (Å²) in [5.74, 6) is 1.96. The number of carbonyl (C=O) groups excluding carboxylic acids is 1. The first-order valence-corrected chi connectivity index (χ1v) is 12.0. The minimum atomic E-state index is -0.549.